The molecule has 0 aliphatic heterocycles. The van der Waals surface area contributed by atoms with Crippen LogP contribution in [0, 0.1) is 5.92 Å². The number of nitrogen functional groups attached to an aromatic ring is 1. The van der Waals surface area contributed by atoms with E-state index in [9.17, 15) is 13.6 Å². The van der Waals surface area contributed by atoms with Crippen molar-refractivity contribution in [3.63, 3.8) is 0 Å². The molecule has 0 bridgehead atoms. The molecular formula is C25H37F2N9O2. The minimum absolute atomic E-state index is 0.00842. The zero-order chi connectivity index (χ0) is 27.1. The van der Waals surface area contributed by atoms with E-state index in [1.807, 2.05) is 0 Å². The maximum atomic E-state index is 13.8. The van der Waals surface area contributed by atoms with Crippen LogP contribution in [0.1, 0.15) is 67.0 Å². The maximum Gasteiger partial charge on any atom is 0.284 e. The molecule has 1 amide bonds. The summed E-state index contributed by atoms with van der Waals surface area (Å²) < 4.78 is 36.2. The molecule has 0 atom stereocenters. The van der Waals surface area contributed by atoms with E-state index in [1.165, 1.54) is 16.9 Å². The van der Waals surface area contributed by atoms with Gasteiger partial charge in [0.1, 0.15) is 11.4 Å². The number of amides is 1. The number of anilines is 2. The number of alkyl halides is 2. The van der Waals surface area contributed by atoms with Crippen molar-refractivity contribution in [1.29, 1.82) is 0 Å². The normalized spacial score (nSPS) is 18.1. The van der Waals surface area contributed by atoms with E-state index >= 15 is 0 Å². The standard InChI is InChI=1S/C25H37F2N9O2/c1-34(10-3-13-38-12-2-9-28)15-17-4-6-18(7-5-17)36-16-20(22(33-36)23(26)27)31-25(37)19-14-30-35-11-8-21(29)32-24(19)35/h8,11,14,16-18,23H,2-7,9-10,12-13,15,28H2,1H3,(H2,29,32)(H,31,37). The third kappa shape index (κ3) is 7.03. The van der Waals surface area contributed by atoms with Crippen LogP contribution in [0.3, 0.4) is 0 Å². The number of hydrogen-bond donors (Lipinski definition) is 3. The highest BCUT2D eigenvalue weighted by Crippen LogP contribution is 2.35. The third-order valence-electron chi connectivity index (χ3n) is 6.93. The molecule has 38 heavy (non-hydrogen) atoms. The lowest BCUT2D eigenvalue weighted by atomic mass is 9.86. The highest BCUT2D eigenvalue weighted by molar-refractivity contribution is 6.08. The monoisotopic (exact) mass is 533 g/mol. The molecule has 1 aliphatic carbocycles. The molecule has 1 saturated carbocycles. The van der Waals surface area contributed by atoms with Crippen molar-refractivity contribution < 1.29 is 18.3 Å². The molecule has 5 N–H and O–H groups in total. The SMILES string of the molecule is CN(CCCOCCCN)CC1CCC(n2cc(NC(=O)c3cnn4ccc(N)nc34)c(C(F)F)n2)CC1. The van der Waals surface area contributed by atoms with Crippen molar-refractivity contribution >= 4 is 23.1 Å². The second-order valence-electron chi connectivity index (χ2n) is 9.89. The third-order valence-corrected chi connectivity index (χ3v) is 6.93. The first-order chi connectivity index (χ1) is 18.4. The minimum atomic E-state index is -2.83. The van der Waals surface area contributed by atoms with Gasteiger partial charge in [-0.2, -0.15) is 10.2 Å². The number of nitrogens with one attached hydrogen (secondary N) is 1. The highest BCUT2D eigenvalue weighted by atomic mass is 19.3. The number of hydrogen-bond acceptors (Lipinski definition) is 8. The number of aromatic nitrogens is 5. The number of nitrogens with zero attached hydrogens (tertiary/aromatic N) is 6. The molecule has 0 radical (unpaired) electrons. The molecule has 3 aromatic rings. The van der Waals surface area contributed by atoms with Crippen molar-refractivity contribution in [3.05, 3.63) is 35.9 Å². The summed E-state index contributed by atoms with van der Waals surface area (Å²) in [6.07, 6.45) is 7.12. The van der Waals surface area contributed by atoms with Crippen molar-refractivity contribution in [2.45, 2.75) is 51.0 Å². The smallest absolute Gasteiger partial charge is 0.284 e. The average Bonchev–Trinajstić information content (AvgIpc) is 3.51. The predicted octanol–water partition coefficient (Wildman–Crippen LogP) is 3.12. The lowest BCUT2D eigenvalue weighted by Crippen LogP contribution is -2.30. The van der Waals surface area contributed by atoms with Gasteiger partial charge in [-0.3, -0.25) is 9.48 Å². The molecule has 3 aromatic heterocycles. The first kappa shape index (κ1) is 27.9. The van der Waals surface area contributed by atoms with Gasteiger partial charge in [0.25, 0.3) is 12.3 Å². The molecule has 4 rings (SSSR count). The molecule has 0 saturated heterocycles. The number of ether oxygens (including phenoxy) is 1. The molecule has 3 heterocycles. The van der Waals surface area contributed by atoms with Gasteiger partial charge >= 0.3 is 0 Å². The fraction of sp³-hybridized carbons (Fsp3) is 0.600. The van der Waals surface area contributed by atoms with E-state index in [0.717, 1.165) is 58.2 Å². The topological polar surface area (TPSA) is 142 Å². The zero-order valence-corrected chi connectivity index (χ0v) is 21.7. The number of halogens is 2. The van der Waals surface area contributed by atoms with E-state index in [1.54, 1.807) is 16.9 Å². The fourth-order valence-corrected chi connectivity index (χ4v) is 4.93. The Labute approximate surface area is 220 Å². The van der Waals surface area contributed by atoms with Crippen LogP contribution in [0.2, 0.25) is 0 Å². The molecule has 0 unspecified atom stereocenters. The molecular weight excluding hydrogens is 496 g/mol. The number of carbonyl (C=O) groups is 1. The number of carbonyl (C=O) groups excluding carboxylic acids is 1. The van der Waals surface area contributed by atoms with Crippen LogP contribution < -0.4 is 16.8 Å². The summed E-state index contributed by atoms with van der Waals surface area (Å²) >= 11 is 0. The van der Waals surface area contributed by atoms with Crippen LogP contribution in [0.15, 0.2) is 24.7 Å². The summed E-state index contributed by atoms with van der Waals surface area (Å²) in [6, 6.07) is 1.56. The first-order valence-corrected chi connectivity index (χ1v) is 13.1. The average molecular weight is 534 g/mol. The summed E-state index contributed by atoms with van der Waals surface area (Å²) in [5.74, 6) is 0.174. The van der Waals surface area contributed by atoms with Crippen LogP contribution in [-0.4, -0.2) is 75.1 Å². The molecule has 1 aliphatic rings. The number of rotatable bonds is 13. The van der Waals surface area contributed by atoms with Gasteiger partial charge in [0.2, 0.25) is 0 Å². The molecule has 0 aromatic carbocycles. The molecule has 0 spiro atoms. The lowest BCUT2D eigenvalue weighted by Gasteiger charge is -2.31. The second kappa shape index (κ2) is 13.1. The summed E-state index contributed by atoms with van der Waals surface area (Å²) in [7, 11) is 2.12. The Balaban J connectivity index is 1.31. The van der Waals surface area contributed by atoms with Crippen LogP contribution in [0.4, 0.5) is 20.3 Å². The molecule has 11 nitrogen and oxygen atoms in total. The first-order valence-electron chi connectivity index (χ1n) is 13.1. The van der Waals surface area contributed by atoms with Crippen LogP contribution in [-0.2, 0) is 4.74 Å². The largest absolute Gasteiger partial charge is 0.384 e. The summed E-state index contributed by atoms with van der Waals surface area (Å²) in [5, 5.41) is 10.8. The number of nitrogens with two attached hydrogens (primary N) is 2. The van der Waals surface area contributed by atoms with E-state index < -0.39 is 18.0 Å². The Morgan fingerprint density at radius 2 is 2.03 bits per heavy atom. The van der Waals surface area contributed by atoms with E-state index in [0.29, 0.717) is 19.1 Å². The summed E-state index contributed by atoms with van der Waals surface area (Å²) in [6.45, 7) is 4.07. The van der Waals surface area contributed by atoms with Crippen molar-refractivity contribution in [3.8, 4) is 0 Å². The van der Waals surface area contributed by atoms with Gasteiger partial charge in [-0.15, -0.1) is 0 Å². The van der Waals surface area contributed by atoms with E-state index in [4.69, 9.17) is 16.2 Å². The van der Waals surface area contributed by atoms with Crippen LogP contribution in [0.5, 0.6) is 0 Å². The Morgan fingerprint density at radius 3 is 2.76 bits per heavy atom. The van der Waals surface area contributed by atoms with Gasteiger partial charge in [-0.05, 0) is 64.1 Å². The van der Waals surface area contributed by atoms with Crippen molar-refractivity contribution in [2.24, 2.45) is 11.7 Å². The highest BCUT2D eigenvalue weighted by Gasteiger charge is 2.28. The van der Waals surface area contributed by atoms with Crippen molar-refractivity contribution in [2.75, 3.05) is 50.9 Å². The maximum absolute atomic E-state index is 13.8. The van der Waals surface area contributed by atoms with Crippen LogP contribution >= 0.6 is 0 Å². The Bertz CT molecular complexity index is 1190. The fourth-order valence-electron chi connectivity index (χ4n) is 4.93. The Hall–Kier alpha value is -3.16. The zero-order valence-electron chi connectivity index (χ0n) is 21.7. The van der Waals surface area contributed by atoms with E-state index in [-0.39, 0.29) is 28.8 Å². The van der Waals surface area contributed by atoms with Gasteiger partial charge in [0, 0.05) is 38.7 Å². The van der Waals surface area contributed by atoms with Gasteiger partial charge in [0.15, 0.2) is 11.3 Å². The molecule has 208 valence electrons. The van der Waals surface area contributed by atoms with Crippen molar-refractivity contribution in [1.82, 2.24) is 29.3 Å². The second-order valence-corrected chi connectivity index (χ2v) is 9.89. The molecule has 13 heteroatoms. The Morgan fingerprint density at radius 1 is 1.26 bits per heavy atom. The van der Waals surface area contributed by atoms with Crippen LogP contribution in [0.25, 0.3) is 5.65 Å². The van der Waals surface area contributed by atoms with Gasteiger partial charge in [-0.1, -0.05) is 0 Å². The number of fused-ring (bicyclic) bond motifs is 1. The van der Waals surface area contributed by atoms with Gasteiger partial charge < -0.3 is 26.4 Å². The Kier molecular flexibility index (Phi) is 9.58. The van der Waals surface area contributed by atoms with E-state index in [2.05, 4.69) is 32.4 Å². The minimum Gasteiger partial charge on any atom is -0.384 e. The lowest BCUT2D eigenvalue weighted by molar-refractivity contribution is 0.102. The quantitative estimate of drug-likeness (QED) is 0.285. The summed E-state index contributed by atoms with van der Waals surface area (Å²) in [4.78, 5) is 19.4. The molecule has 1 fully saturated rings. The predicted molar refractivity (Wildman–Crippen MR) is 140 cm³/mol. The van der Waals surface area contributed by atoms with Gasteiger partial charge in [-0.25, -0.2) is 18.3 Å². The van der Waals surface area contributed by atoms with Gasteiger partial charge in [0.05, 0.1) is 17.9 Å². The summed E-state index contributed by atoms with van der Waals surface area (Å²) in [5.41, 5.74) is 11.1.